The summed E-state index contributed by atoms with van der Waals surface area (Å²) in [4.78, 5) is 2.90. The molecule has 16 heavy (non-hydrogen) atoms. The molecule has 0 spiro atoms. The number of rotatable bonds is 1. The standard InChI is InChI=1S/C11H5Cl3N2/c12-8-2-1-6(3-9(8)13)10-4-7(5-15)11(14)16-10/h1-4,16H. The minimum atomic E-state index is 0.323. The van der Waals surface area contributed by atoms with Crippen molar-refractivity contribution >= 4 is 34.8 Å². The quantitative estimate of drug-likeness (QED) is 0.814. The summed E-state index contributed by atoms with van der Waals surface area (Å²) < 4.78 is 0. The zero-order valence-electron chi connectivity index (χ0n) is 7.89. The number of aromatic amines is 1. The summed E-state index contributed by atoms with van der Waals surface area (Å²) in [5, 5.41) is 10.0. The maximum atomic E-state index is 8.78. The summed E-state index contributed by atoms with van der Waals surface area (Å²) in [6, 6.07) is 8.87. The lowest BCUT2D eigenvalue weighted by molar-refractivity contribution is 1.39. The van der Waals surface area contributed by atoms with Gasteiger partial charge < -0.3 is 4.98 Å². The highest BCUT2D eigenvalue weighted by molar-refractivity contribution is 6.42. The zero-order chi connectivity index (χ0) is 11.7. The first-order chi connectivity index (χ1) is 7.61. The van der Waals surface area contributed by atoms with Gasteiger partial charge in [-0.3, -0.25) is 0 Å². The summed E-state index contributed by atoms with van der Waals surface area (Å²) in [5.74, 6) is 0. The Bertz CT molecular complexity index is 581. The van der Waals surface area contributed by atoms with E-state index >= 15 is 0 Å². The summed E-state index contributed by atoms with van der Waals surface area (Å²) in [5.41, 5.74) is 1.97. The van der Waals surface area contributed by atoms with E-state index in [4.69, 9.17) is 40.1 Å². The van der Waals surface area contributed by atoms with E-state index in [1.807, 2.05) is 6.07 Å². The molecule has 5 heteroatoms. The molecule has 0 amide bonds. The van der Waals surface area contributed by atoms with Crippen LogP contribution in [-0.4, -0.2) is 4.98 Å². The molecule has 1 aromatic carbocycles. The van der Waals surface area contributed by atoms with Crippen LogP contribution in [0.3, 0.4) is 0 Å². The largest absolute Gasteiger partial charge is 0.344 e. The van der Waals surface area contributed by atoms with Gasteiger partial charge in [0.1, 0.15) is 11.2 Å². The van der Waals surface area contributed by atoms with Crippen LogP contribution in [-0.2, 0) is 0 Å². The van der Waals surface area contributed by atoms with Crippen LogP contribution in [0.2, 0.25) is 15.2 Å². The molecule has 1 heterocycles. The molecule has 0 bridgehead atoms. The van der Waals surface area contributed by atoms with Crippen molar-refractivity contribution in [3.63, 3.8) is 0 Å². The number of H-pyrrole nitrogens is 1. The van der Waals surface area contributed by atoms with Gasteiger partial charge in [-0.05, 0) is 23.8 Å². The van der Waals surface area contributed by atoms with Crippen molar-refractivity contribution in [2.24, 2.45) is 0 Å². The third-order valence-electron chi connectivity index (χ3n) is 2.12. The average Bonchev–Trinajstić information content (AvgIpc) is 2.64. The summed E-state index contributed by atoms with van der Waals surface area (Å²) in [6.07, 6.45) is 0. The van der Waals surface area contributed by atoms with E-state index in [-0.39, 0.29) is 0 Å². The average molecular weight is 272 g/mol. The first kappa shape index (κ1) is 11.3. The highest BCUT2D eigenvalue weighted by atomic mass is 35.5. The predicted molar refractivity (Wildman–Crippen MR) is 66.0 cm³/mol. The Morgan fingerprint density at radius 2 is 1.81 bits per heavy atom. The third kappa shape index (κ3) is 2.03. The lowest BCUT2D eigenvalue weighted by Gasteiger charge is -2.00. The molecule has 0 aliphatic heterocycles. The van der Waals surface area contributed by atoms with Crippen LogP contribution in [0.15, 0.2) is 24.3 Å². The van der Waals surface area contributed by atoms with Crippen molar-refractivity contribution in [1.29, 1.82) is 5.26 Å². The van der Waals surface area contributed by atoms with Gasteiger partial charge in [-0.25, -0.2) is 0 Å². The van der Waals surface area contributed by atoms with E-state index in [0.29, 0.717) is 20.8 Å². The molecule has 0 saturated heterocycles. The van der Waals surface area contributed by atoms with E-state index in [0.717, 1.165) is 11.3 Å². The first-order valence-electron chi connectivity index (χ1n) is 4.36. The molecule has 1 N–H and O–H groups in total. The van der Waals surface area contributed by atoms with Crippen molar-refractivity contribution in [2.75, 3.05) is 0 Å². The van der Waals surface area contributed by atoms with Crippen LogP contribution in [0, 0.1) is 11.3 Å². The van der Waals surface area contributed by atoms with Gasteiger partial charge in [-0.15, -0.1) is 0 Å². The van der Waals surface area contributed by atoms with E-state index < -0.39 is 0 Å². The van der Waals surface area contributed by atoms with Gasteiger partial charge in [0.25, 0.3) is 0 Å². The van der Waals surface area contributed by atoms with Crippen molar-refractivity contribution < 1.29 is 0 Å². The topological polar surface area (TPSA) is 39.6 Å². The molecule has 2 nitrogen and oxygen atoms in total. The van der Waals surface area contributed by atoms with Crippen LogP contribution in [0.25, 0.3) is 11.3 Å². The molecule has 0 saturated carbocycles. The maximum absolute atomic E-state index is 8.78. The fraction of sp³-hybridized carbons (Fsp3) is 0. The lowest BCUT2D eigenvalue weighted by Crippen LogP contribution is -1.77. The summed E-state index contributed by atoms with van der Waals surface area (Å²) in [6.45, 7) is 0. The summed E-state index contributed by atoms with van der Waals surface area (Å²) in [7, 11) is 0. The second kappa shape index (κ2) is 4.39. The van der Waals surface area contributed by atoms with E-state index in [1.54, 1.807) is 24.3 Å². The second-order valence-corrected chi connectivity index (χ2v) is 4.34. The van der Waals surface area contributed by atoms with Gasteiger partial charge in [0, 0.05) is 5.69 Å². The van der Waals surface area contributed by atoms with Crippen LogP contribution >= 0.6 is 34.8 Å². The number of hydrogen-bond donors (Lipinski definition) is 1. The van der Waals surface area contributed by atoms with Gasteiger partial charge >= 0.3 is 0 Å². The molecule has 2 rings (SSSR count). The maximum Gasteiger partial charge on any atom is 0.124 e. The zero-order valence-corrected chi connectivity index (χ0v) is 10.2. The second-order valence-electron chi connectivity index (χ2n) is 3.15. The van der Waals surface area contributed by atoms with Gasteiger partial charge in [-0.2, -0.15) is 5.26 Å². The fourth-order valence-electron chi connectivity index (χ4n) is 1.33. The number of benzene rings is 1. The van der Waals surface area contributed by atoms with Crippen LogP contribution in [0.5, 0.6) is 0 Å². The molecule has 0 radical (unpaired) electrons. The Hall–Kier alpha value is -1.14. The number of nitriles is 1. The van der Waals surface area contributed by atoms with Crippen LogP contribution < -0.4 is 0 Å². The summed E-state index contributed by atoms with van der Waals surface area (Å²) >= 11 is 17.5. The van der Waals surface area contributed by atoms with E-state index in [2.05, 4.69) is 4.98 Å². The molecule has 0 aliphatic rings. The van der Waals surface area contributed by atoms with Gasteiger partial charge in [0.05, 0.1) is 15.6 Å². The Labute approximate surface area is 107 Å². The SMILES string of the molecule is N#Cc1cc(-c2ccc(Cl)c(Cl)c2)[nH]c1Cl. The van der Waals surface area contributed by atoms with Crippen LogP contribution in [0.1, 0.15) is 5.56 Å². The molecule has 0 unspecified atom stereocenters. The Morgan fingerprint density at radius 1 is 1.06 bits per heavy atom. The normalized spacial score (nSPS) is 10.1. The van der Waals surface area contributed by atoms with Crippen molar-refractivity contribution in [2.45, 2.75) is 0 Å². The smallest absolute Gasteiger partial charge is 0.124 e. The fourth-order valence-corrected chi connectivity index (χ4v) is 1.83. The number of nitrogens with zero attached hydrogens (tertiary/aromatic N) is 1. The van der Waals surface area contributed by atoms with E-state index in [9.17, 15) is 0 Å². The van der Waals surface area contributed by atoms with Crippen LogP contribution in [0.4, 0.5) is 0 Å². The van der Waals surface area contributed by atoms with Gasteiger partial charge in [-0.1, -0.05) is 40.9 Å². The van der Waals surface area contributed by atoms with E-state index in [1.165, 1.54) is 0 Å². The Balaban J connectivity index is 2.51. The highest BCUT2D eigenvalue weighted by Gasteiger charge is 2.08. The molecular weight excluding hydrogens is 266 g/mol. The molecule has 0 atom stereocenters. The van der Waals surface area contributed by atoms with Gasteiger partial charge in [0.15, 0.2) is 0 Å². The minimum Gasteiger partial charge on any atom is -0.344 e. The molecule has 0 fully saturated rings. The molecule has 0 aliphatic carbocycles. The number of halogens is 3. The van der Waals surface area contributed by atoms with Crippen molar-refractivity contribution in [1.82, 2.24) is 4.98 Å². The van der Waals surface area contributed by atoms with Crippen molar-refractivity contribution in [3.8, 4) is 17.3 Å². The highest BCUT2D eigenvalue weighted by Crippen LogP contribution is 2.30. The number of nitrogens with one attached hydrogen (secondary N) is 1. The van der Waals surface area contributed by atoms with Gasteiger partial charge in [0.2, 0.25) is 0 Å². The number of hydrogen-bond acceptors (Lipinski definition) is 1. The minimum absolute atomic E-state index is 0.323. The van der Waals surface area contributed by atoms with Crippen molar-refractivity contribution in [3.05, 3.63) is 45.0 Å². The Kier molecular flexibility index (Phi) is 3.11. The molecular formula is C11H5Cl3N2. The number of aromatic nitrogens is 1. The molecule has 80 valence electrons. The Morgan fingerprint density at radius 3 is 2.38 bits per heavy atom. The molecule has 1 aromatic heterocycles. The predicted octanol–water partition coefficient (Wildman–Crippen LogP) is 4.51. The lowest BCUT2D eigenvalue weighted by atomic mass is 10.1. The monoisotopic (exact) mass is 270 g/mol. The first-order valence-corrected chi connectivity index (χ1v) is 5.49. The molecule has 2 aromatic rings. The third-order valence-corrected chi connectivity index (χ3v) is 3.16.